The molecule has 1 atom stereocenters. The minimum Gasteiger partial charge on any atom is -0.496 e. The molecule has 1 amide bonds. The Kier molecular flexibility index (Phi) is 4.08. The summed E-state index contributed by atoms with van der Waals surface area (Å²) < 4.78 is 12.7. The molecule has 6 heteroatoms. The summed E-state index contributed by atoms with van der Waals surface area (Å²) in [5, 5.41) is 7.53. The first kappa shape index (κ1) is 16.2. The Morgan fingerprint density at radius 2 is 2.00 bits per heavy atom. The number of nitrogens with one attached hydrogen (secondary N) is 1. The number of fused-ring (bicyclic) bond motifs is 1. The van der Waals surface area contributed by atoms with Crippen LogP contribution in [0.4, 0.5) is 0 Å². The molecule has 4 rings (SSSR count). The van der Waals surface area contributed by atoms with E-state index in [2.05, 4.69) is 10.4 Å². The summed E-state index contributed by atoms with van der Waals surface area (Å²) in [5.74, 6) is 1.30. The number of carbonyl (C=O) groups is 1. The van der Waals surface area contributed by atoms with E-state index in [4.69, 9.17) is 9.47 Å². The summed E-state index contributed by atoms with van der Waals surface area (Å²) in [5.41, 5.74) is 2.86. The first-order chi connectivity index (χ1) is 12.7. The predicted molar refractivity (Wildman–Crippen MR) is 97.3 cm³/mol. The SMILES string of the molecule is COc1ccccc1-c1nn(C)cc1C(=O)N[C@H]1COc2ccccc21. The standard InChI is InChI=1S/C20H19N3O3/c1-23-11-15(19(22-23)14-8-4-5-9-17(14)25-2)20(24)21-16-12-26-18-10-6-3-7-13(16)18/h3-11,16H,12H2,1-2H3,(H,21,24)/t16-/m0/s1. The third-order valence-electron chi connectivity index (χ3n) is 4.44. The van der Waals surface area contributed by atoms with Gasteiger partial charge < -0.3 is 14.8 Å². The molecule has 2 aromatic carbocycles. The molecule has 1 aliphatic rings. The molecule has 3 aromatic rings. The summed E-state index contributed by atoms with van der Waals surface area (Å²) in [7, 11) is 3.40. The van der Waals surface area contributed by atoms with Gasteiger partial charge in [-0.15, -0.1) is 0 Å². The van der Waals surface area contributed by atoms with Crippen LogP contribution in [0.5, 0.6) is 11.5 Å². The maximum atomic E-state index is 13.0. The zero-order valence-corrected chi connectivity index (χ0v) is 14.6. The highest BCUT2D eigenvalue weighted by Crippen LogP contribution is 2.33. The van der Waals surface area contributed by atoms with Gasteiger partial charge in [0.2, 0.25) is 0 Å². The number of nitrogens with zero attached hydrogens (tertiary/aromatic N) is 2. The van der Waals surface area contributed by atoms with Gasteiger partial charge in [0.1, 0.15) is 23.8 Å². The molecule has 0 fully saturated rings. The quantitative estimate of drug-likeness (QED) is 0.786. The number of aryl methyl sites for hydroxylation is 1. The van der Waals surface area contributed by atoms with Crippen molar-refractivity contribution in [3.8, 4) is 22.8 Å². The predicted octanol–water partition coefficient (Wildman–Crippen LogP) is 2.96. The van der Waals surface area contributed by atoms with Gasteiger partial charge in [0.25, 0.3) is 5.91 Å². The number of para-hydroxylation sites is 2. The molecule has 0 radical (unpaired) electrons. The van der Waals surface area contributed by atoms with Crippen LogP contribution >= 0.6 is 0 Å². The average Bonchev–Trinajstić information content (AvgIpc) is 3.25. The van der Waals surface area contributed by atoms with Crippen LogP contribution in [0, 0.1) is 0 Å². The number of benzene rings is 2. The van der Waals surface area contributed by atoms with Gasteiger partial charge in [-0.1, -0.05) is 30.3 Å². The Morgan fingerprint density at radius 1 is 1.23 bits per heavy atom. The van der Waals surface area contributed by atoms with Crippen molar-refractivity contribution < 1.29 is 14.3 Å². The van der Waals surface area contributed by atoms with Crippen molar-refractivity contribution in [3.63, 3.8) is 0 Å². The average molecular weight is 349 g/mol. The van der Waals surface area contributed by atoms with Gasteiger partial charge in [-0.05, 0) is 18.2 Å². The third-order valence-corrected chi connectivity index (χ3v) is 4.44. The van der Waals surface area contributed by atoms with Crippen molar-refractivity contribution in [1.29, 1.82) is 0 Å². The number of rotatable bonds is 4. The van der Waals surface area contributed by atoms with Crippen LogP contribution in [0.25, 0.3) is 11.3 Å². The molecule has 0 spiro atoms. The maximum Gasteiger partial charge on any atom is 0.255 e. The van der Waals surface area contributed by atoms with Crippen LogP contribution in [0.15, 0.2) is 54.7 Å². The number of ether oxygens (including phenoxy) is 2. The highest BCUT2D eigenvalue weighted by atomic mass is 16.5. The second-order valence-electron chi connectivity index (χ2n) is 6.14. The maximum absolute atomic E-state index is 13.0. The fourth-order valence-corrected chi connectivity index (χ4v) is 3.21. The van der Waals surface area contributed by atoms with Crippen LogP contribution < -0.4 is 14.8 Å². The van der Waals surface area contributed by atoms with Gasteiger partial charge in [-0.25, -0.2) is 0 Å². The number of carbonyl (C=O) groups excluding carboxylic acids is 1. The lowest BCUT2D eigenvalue weighted by molar-refractivity contribution is 0.0931. The second-order valence-corrected chi connectivity index (χ2v) is 6.14. The van der Waals surface area contributed by atoms with Crippen LogP contribution in [0.1, 0.15) is 22.0 Å². The van der Waals surface area contributed by atoms with E-state index in [9.17, 15) is 4.79 Å². The molecular weight excluding hydrogens is 330 g/mol. The van der Waals surface area contributed by atoms with Crippen LogP contribution in [0.3, 0.4) is 0 Å². The summed E-state index contributed by atoms with van der Waals surface area (Å²) in [6.45, 7) is 0.426. The van der Waals surface area contributed by atoms with E-state index in [0.29, 0.717) is 23.6 Å². The van der Waals surface area contributed by atoms with Gasteiger partial charge in [-0.3, -0.25) is 9.48 Å². The lowest BCUT2D eigenvalue weighted by atomic mass is 10.1. The lowest BCUT2D eigenvalue weighted by Gasteiger charge is -2.12. The van der Waals surface area contributed by atoms with Crippen molar-refractivity contribution in [1.82, 2.24) is 15.1 Å². The zero-order chi connectivity index (χ0) is 18.1. The molecule has 1 aliphatic heterocycles. The fourth-order valence-electron chi connectivity index (χ4n) is 3.21. The Bertz CT molecular complexity index is 964. The van der Waals surface area contributed by atoms with E-state index in [1.54, 1.807) is 25.0 Å². The van der Waals surface area contributed by atoms with E-state index >= 15 is 0 Å². The summed E-state index contributed by atoms with van der Waals surface area (Å²) in [6.07, 6.45) is 1.72. The van der Waals surface area contributed by atoms with Gasteiger partial charge in [0, 0.05) is 24.4 Å². The van der Waals surface area contributed by atoms with Gasteiger partial charge in [-0.2, -0.15) is 5.10 Å². The Morgan fingerprint density at radius 3 is 2.85 bits per heavy atom. The molecule has 6 nitrogen and oxygen atoms in total. The lowest BCUT2D eigenvalue weighted by Crippen LogP contribution is -2.29. The molecule has 0 saturated heterocycles. The van der Waals surface area contributed by atoms with Crippen molar-refractivity contribution in [2.75, 3.05) is 13.7 Å². The Labute approximate surface area is 151 Å². The highest BCUT2D eigenvalue weighted by Gasteiger charge is 2.27. The fraction of sp³-hybridized carbons (Fsp3) is 0.200. The van der Waals surface area contributed by atoms with E-state index in [0.717, 1.165) is 16.9 Å². The highest BCUT2D eigenvalue weighted by molar-refractivity contribution is 6.00. The molecule has 0 bridgehead atoms. The molecule has 0 aliphatic carbocycles. The molecule has 132 valence electrons. The molecule has 0 saturated carbocycles. The minimum atomic E-state index is -0.190. The van der Waals surface area contributed by atoms with E-state index in [-0.39, 0.29) is 11.9 Å². The molecule has 26 heavy (non-hydrogen) atoms. The monoisotopic (exact) mass is 349 g/mol. The largest absolute Gasteiger partial charge is 0.496 e. The first-order valence-electron chi connectivity index (χ1n) is 8.37. The number of amides is 1. The molecule has 1 aromatic heterocycles. The van der Waals surface area contributed by atoms with E-state index in [1.165, 1.54) is 0 Å². The topological polar surface area (TPSA) is 65.4 Å². The summed E-state index contributed by atoms with van der Waals surface area (Å²) in [6, 6.07) is 15.1. The number of methoxy groups -OCH3 is 1. The van der Waals surface area contributed by atoms with Crippen LogP contribution in [0.2, 0.25) is 0 Å². The van der Waals surface area contributed by atoms with Crippen molar-refractivity contribution in [3.05, 3.63) is 65.9 Å². The smallest absolute Gasteiger partial charge is 0.255 e. The Balaban J connectivity index is 1.66. The van der Waals surface area contributed by atoms with Crippen molar-refractivity contribution >= 4 is 5.91 Å². The molecule has 0 unspecified atom stereocenters. The third kappa shape index (κ3) is 2.79. The molecular formula is C20H19N3O3. The van der Waals surface area contributed by atoms with E-state index < -0.39 is 0 Å². The van der Waals surface area contributed by atoms with E-state index in [1.807, 2.05) is 48.5 Å². The van der Waals surface area contributed by atoms with Crippen molar-refractivity contribution in [2.24, 2.45) is 7.05 Å². The van der Waals surface area contributed by atoms with Crippen molar-refractivity contribution in [2.45, 2.75) is 6.04 Å². The van der Waals surface area contributed by atoms with Crippen LogP contribution in [-0.4, -0.2) is 29.4 Å². The first-order valence-corrected chi connectivity index (χ1v) is 8.37. The molecule has 1 N–H and O–H groups in total. The number of hydrogen-bond acceptors (Lipinski definition) is 4. The molecule has 2 heterocycles. The number of hydrogen-bond donors (Lipinski definition) is 1. The van der Waals surface area contributed by atoms with Gasteiger partial charge in [0.15, 0.2) is 0 Å². The van der Waals surface area contributed by atoms with Gasteiger partial charge in [0.05, 0.1) is 18.7 Å². The summed E-state index contributed by atoms with van der Waals surface area (Å²) >= 11 is 0. The normalized spacial score (nSPS) is 15.2. The minimum absolute atomic E-state index is 0.176. The summed E-state index contributed by atoms with van der Waals surface area (Å²) in [4.78, 5) is 13.0. The second kappa shape index (κ2) is 6.55. The van der Waals surface area contributed by atoms with Crippen LogP contribution in [-0.2, 0) is 7.05 Å². The zero-order valence-electron chi connectivity index (χ0n) is 14.6. The van der Waals surface area contributed by atoms with Gasteiger partial charge >= 0.3 is 0 Å². The Hall–Kier alpha value is -3.28. The number of aromatic nitrogens is 2.